The van der Waals surface area contributed by atoms with Crippen molar-refractivity contribution in [3.63, 3.8) is 0 Å². The quantitative estimate of drug-likeness (QED) is 0.794. The number of carbonyl (C=O) groups excluding carboxylic acids is 2. The Bertz CT molecular complexity index is 890. The Kier molecular flexibility index (Phi) is 5.08. The predicted octanol–water partition coefficient (Wildman–Crippen LogP) is 3.31. The zero-order valence-corrected chi connectivity index (χ0v) is 16.0. The van der Waals surface area contributed by atoms with E-state index in [1.54, 1.807) is 19.9 Å². The molecule has 0 radical (unpaired) electrons. The molecule has 2 aromatic carbocycles. The number of benzene rings is 2. The highest BCUT2D eigenvalue weighted by atomic mass is 16.7. The fourth-order valence-corrected chi connectivity index (χ4v) is 2.66. The molecule has 2 amide bonds. The van der Waals surface area contributed by atoms with Crippen molar-refractivity contribution in [2.75, 3.05) is 12.1 Å². The first-order valence-electron chi connectivity index (χ1n) is 8.83. The van der Waals surface area contributed by atoms with Gasteiger partial charge in [0, 0.05) is 12.2 Å². The highest BCUT2D eigenvalue weighted by Crippen LogP contribution is 2.32. The molecule has 6 heteroatoms. The Morgan fingerprint density at radius 3 is 2.44 bits per heavy atom. The Hall–Kier alpha value is -3.02. The Morgan fingerprint density at radius 2 is 1.70 bits per heavy atom. The number of fused-ring (bicyclic) bond motifs is 1. The molecule has 0 saturated carbocycles. The van der Waals surface area contributed by atoms with Crippen LogP contribution in [0.4, 0.5) is 5.69 Å². The summed E-state index contributed by atoms with van der Waals surface area (Å²) in [4.78, 5) is 25.2. The third-order valence-corrected chi connectivity index (χ3v) is 4.79. The van der Waals surface area contributed by atoms with Crippen LogP contribution < -0.4 is 20.1 Å². The maximum Gasteiger partial charge on any atom is 0.239 e. The monoisotopic (exact) mass is 368 g/mol. The van der Waals surface area contributed by atoms with Crippen LogP contribution in [0.2, 0.25) is 0 Å². The van der Waals surface area contributed by atoms with Crippen molar-refractivity contribution in [2.45, 2.75) is 34.2 Å². The van der Waals surface area contributed by atoms with Crippen LogP contribution in [0.25, 0.3) is 0 Å². The lowest BCUT2D eigenvalue weighted by molar-refractivity contribution is -0.138. The number of ether oxygens (including phenoxy) is 2. The van der Waals surface area contributed by atoms with Gasteiger partial charge in [-0.2, -0.15) is 0 Å². The molecule has 1 aliphatic rings. The summed E-state index contributed by atoms with van der Waals surface area (Å²) < 4.78 is 10.6. The Labute approximate surface area is 158 Å². The van der Waals surface area contributed by atoms with Crippen molar-refractivity contribution in [3.8, 4) is 11.5 Å². The number of anilines is 1. The minimum atomic E-state index is -1.21. The summed E-state index contributed by atoms with van der Waals surface area (Å²) in [5, 5.41) is 5.65. The van der Waals surface area contributed by atoms with Gasteiger partial charge in [-0.1, -0.05) is 12.1 Å². The summed E-state index contributed by atoms with van der Waals surface area (Å²) in [6.45, 7) is 7.71. The lowest BCUT2D eigenvalue weighted by Gasteiger charge is -2.23. The second-order valence-corrected chi connectivity index (χ2v) is 7.25. The molecule has 0 atom stereocenters. The van der Waals surface area contributed by atoms with Crippen molar-refractivity contribution in [1.82, 2.24) is 5.32 Å². The molecule has 0 unspecified atom stereocenters. The van der Waals surface area contributed by atoms with Gasteiger partial charge in [-0.25, -0.2) is 0 Å². The van der Waals surface area contributed by atoms with Crippen LogP contribution in [0, 0.1) is 19.3 Å². The minimum absolute atomic E-state index is 0.205. The first-order chi connectivity index (χ1) is 12.8. The fourth-order valence-electron chi connectivity index (χ4n) is 2.66. The van der Waals surface area contributed by atoms with E-state index in [0.717, 1.165) is 16.7 Å². The smallest absolute Gasteiger partial charge is 0.239 e. The summed E-state index contributed by atoms with van der Waals surface area (Å²) >= 11 is 0. The van der Waals surface area contributed by atoms with Gasteiger partial charge in [0.2, 0.25) is 18.6 Å². The molecule has 0 spiro atoms. The van der Waals surface area contributed by atoms with Crippen LogP contribution in [0.5, 0.6) is 11.5 Å². The van der Waals surface area contributed by atoms with E-state index in [4.69, 9.17) is 9.47 Å². The first-order valence-corrected chi connectivity index (χ1v) is 8.83. The van der Waals surface area contributed by atoms with E-state index in [1.165, 1.54) is 0 Å². The average molecular weight is 368 g/mol. The molecule has 0 aromatic heterocycles. The summed E-state index contributed by atoms with van der Waals surface area (Å²) in [6.07, 6.45) is 0. The second-order valence-electron chi connectivity index (χ2n) is 7.25. The molecule has 0 bridgehead atoms. The SMILES string of the molecule is Cc1ccc(NC(=O)C(C)(C)C(=O)NCc2ccc3c(c2)OCO3)cc1C. The van der Waals surface area contributed by atoms with Crippen LogP contribution in [0.3, 0.4) is 0 Å². The van der Waals surface area contributed by atoms with E-state index < -0.39 is 5.41 Å². The maximum absolute atomic E-state index is 12.6. The third kappa shape index (κ3) is 4.05. The van der Waals surface area contributed by atoms with Gasteiger partial charge >= 0.3 is 0 Å². The van der Waals surface area contributed by atoms with E-state index in [9.17, 15) is 9.59 Å². The van der Waals surface area contributed by atoms with Crippen molar-refractivity contribution in [1.29, 1.82) is 0 Å². The summed E-state index contributed by atoms with van der Waals surface area (Å²) in [6, 6.07) is 11.2. The highest BCUT2D eigenvalue weighted by molar-refractivity contribution is 6.09. The summed E-state index contributed by atoms with van der Waals surface area (Å²) in [5.74, 6) is 0.655. The largest absolute Gasteiger partial charge is 0.454 e. The topological polar surface area (TPSA) is 76.7 Å². The predicted molar refractivity (Wildman–Crippen MR) is 103 cm³/mol. The molecular weight excluding hydrogens is 344 g/mol. The molecule has 27 heavy (non-hydrogen) atoms. The molecular formula is C21H24N2O4. The van der Waals surface area contributed by atoms with Gasteiger partial charge in [0.05, 0.1) is 0 Å². The Morgan fingerprint density at radius 1 is 0.963 bits per heavy atom. The highest BCUT2D eigenvalue weighted by Gasteiger charge is 2.36. The zero-order valence-electron chi connectivity index (χ0n) is 16.0. The third-order valence-electron chi connectivity index (χ3n) is 4.79. The maximum atomic E-state index is 12.6. The van der Waals surface area contributed by atoms with E-state index in [0.29, 0.717) is 23.7 Å². The lowest BCUT2D eigenvalue weighted by Crippen LogP contribution is -2.44. The molecule has 2 N–H and O–H groups in total. The van der Waals surface area contributed by atoms with Gasteiger partial charge in [-0.3, -0.25) is 9.59 Å². The molecule has 142 valence electrons. The standard InChI is InChI=1S/C21H24N2O4/c1-13-5-7-16(9-14(13)2)23-20(25)21(3,4)19(24)22-11-15-6-8-17-18(10-15)27-12-26-17/h5-10H,11-12H2,1-4H3,(H,22,24)(H,23,25). The van der Waals surface area contributed by atoms with Gasteiger partial charge in [-0.15, -0.1) is 0 Å². The van der Waals surface area contributed by atoms with Crippen molar-refractivity contribution in [2.24, 2.45) is 5.41 Å². The number of carbonyl (C=O) groups is 2. The number of hydrogen-bond acceptors (Lipinski definition) is 4. The molecule has 1 aliphatic heterocycles. The normalized spacial score (nSPS) is 12.6. The van der Waals surface area contributed by atoms with E-state index >= 15 is 0 Å². The van der Waals surface area contributed by atoms with E-state index in [-0.39, 0.29) is 18.6 Å². The van der Waals surface area contributed by atoms with Gasteiger partial charge in [0.15, 0.2) is 11.5 Å². The number of nitrogens with one attached hydrogen (secondary N) is 2. The van der Waals surface area contributed by atoms with Gasteiger partial charge in [0.25, 0.3) is 0 Å². The number of rotatable bonds is 5. The van der Waals surface area contributed by atoms with Crippen LogP contribution in [-0.4, -0.2) is 18.6 Å². The van der Waals surface area contributed by atoms with Crippen molar-refractivity contribution < 1.29 is 19.1 Å². The zero-order chi connectivity index (χ0) is 19.6. The van der Waals surface area contributed by atoms with E-state index in [1.807, 2.05) is 44.2 Å². The molecule has 0 aliphatic carbocycles. The van der Waals surface area contributed by atoms with Gasteiger partial charge < -0.3 is 20.1 Å². The Balaban J connectivity index is 1.61. The molecule has 6 nitrogen and oxygen atoms in total. The lowest BCUT2D eigenvalue weighted by atomic mass is 9.90. The minimum Gasteiger partial charge on any atom is -0.454 e. The number of hydrogen-bond donors (Lipinski definition) is 2. The van der Waals surface area contributed by atoms with E-state index in [2.05, 4.69) is 10.6 Å². The number of aryl methyl sites for hydroxylation is 2. The molecule has 1 heterocycles. The second kappa shape index (κ2) is 7.31. The molecule has 3 rings (SSSR count). The summed E-state index contributed by atoms with van der Waals surface area (Å²) in [5.41, 5.74) is 2.57. The molecule has 0 saturated heterocycles. The van der Waals surface area contributed by atoms with Crippen molar-refractivity contribution in [3.05, 3.63) is 53.1 Å². The van der Waals surface area contributed by atoms with Crippen LogP contribution >= 0.6 is 0 Å². The van der Waals surface area contributed by atoms with Crippen LogP contribution in [0.1, 0.15) is 30.5 Å². The van der Waals surface area contributed by atoms with Gasteiger partial charge in [0.1, 0.15) is 5.41 Å². The molecule has 0 fully saturated rings. The number of amides is 2. The summed E-state index contributed by atoms with van der Waals surface area (Å²) in [7, 11) is 0. The van der Waals surface area contributed by atoms with Gasteiger partial charge in [-0.05, 0) is 68.7 Å². The van der Waals surface area contributed by atoms with Crippen LogP contribution in [0.15, 0.2) is 36.4 Å². The average Bonchev–Trinajstić information content (AvgIpc) is 3.10. The van der Waals surface area contributed by atoms with Crippen molar-refractivity contribution >= 4 is 17.5 Å². The fraction of sp³-hybridized carbons (Fsp3) is 0.333. The van der Waals surface area contributed by atoms with Crippen LogP contribution in [-0.2, 0) is 16.1 Å². The first kappa shape index (κ1) is 18.8. The molecule has 2 aromatic rings.